The Morgan fingerprint density at radius 2 is 0.981 bits per heavy atom. The van der Waals surface area contributed by atoms with E-state index in [1.54, 1.807) is 14.2 Å². The Hall–Kier alpha value is -4.97. The van der Waals surface area contributed by atoms with Gasteiger partial charge < -0.3 is 19.3 Å². The first-order valence-electron chi connectivity index (χ1n) is 19.4. The van der Waals surface area contributed by atoms with E-state index in [4.69, 9.17) is 9.47 Å². The molecule has 5 nitrogen and oxygen atoms in total. The van der Waals surface area contributed by atoms with Gasteiger partial charge in [-0.05, 0) is 62.1 Å². The number of allylic oxidation sites excluding steroid dienone is 8. The van der Waals surface area contributed by atoms with E-state index in [-0.39, 0.29) is 10.8 Å². The largest absolute Gasteiger partial charge is 0.383 e. The SMILES string of the molecule is COCCN1C(=CC=C2CC/C(=C\C=C3\N(CCOC)c4ccc(C)cc4C3(C)C)C2=[N+](c2ccccc2)c2ccccc2)C(C)(C)c2cc(C)ccc21. The predicted molar refractivity (Wildman–Crippen MR) is 228 cm³/mol. The first kappa shape index (κ1) is 37.3. The van der Waals surface area contributed by atoms with Crippen LogP contribution in [0.3, 0.4) is 0 Å². The van der Waals surface area contributed by atoms with Crippen LogP contribution < -0.4 is 14.4 Å². The summed E-state index contributed by atoms with van der Waals surface area (Å²) < 4.78 is 13.7. The molecule has 1 saturated carbocycles. The minimum absolute atomic E-state index is 0.153. The van der Waals surface area contributed by atoms with Crippen LogP contribution in [0.15, 0.2) is 144 Å². The molecule has 3 aliphatic rings. The highest BCUT2D eigenvalue weighted by atomic mass is 16.5. The molecule has 1 fully saturated rings. The van der Waals surface area contributed by atoms with Gasteiger partial charge in [0.2, 0.25) is 17.1 Å². The molecule has 0 aromatic heterocycles. The average Bonchev–Trinajstić information content (AvgIpc) is 3.73. The van der Waals surface area contributed by atoms with Crippen molar-refractivity contribution < 1.29 is 9.47 Å². The molecule has 0 spiro atoms. The van der Waals surface area contributed by atoms with Crippen molar-refractivity contribution in [2.75, 3.05) is 50.3 Å². The molecule has 0 radical (unpaired) electrons. The number of hydrogen-bond donors (Lipinski definition) is 0. The summed E-state index contributed by atoms with van der Waals surface area (Å²) in [6.07, 6.45) is 11.5. The van der Waals surface area contributed by atoms with E-state index >= 15 is 0 Å². The van der Waals surface area contributed by atoms with Crippen molar-refractivity contribution in [1.82, 2.24) is 4.58 Å². The van der Waals surface area contributed by atoms with Crippen LogP contribution in [0.1, 0.15) is 62.8 Å². The zero-order valence-corrected chi connectivity index (χ0v) is 33.4. The summed E-state index contributed by atoms with van der Waals surface area (Å²) in [6, 6.07) is 35.4. The van der Waals surface area contributed by atoms with E-state index in [1.807, 2.05) is 0 Å². The van der Waals surface area contributed by atoms with Crippen LogP contribution >= 0.6 is 0 Å². The van der Waals surface area contributed by atoms with Crippen LogP contribution in [0, 0.1) is 13.8 Å². The molecule has 0 atom stereocenters. The minimum Gasteiger partial charge on any atom is -0.383 e. The fraction of sp³-hybridized carbons (Fsp3) is 0.327. The highest BCUT2D eigenvalue weighted by Gasteiger charge is 2.42. The molecule has 7 rings (SSSR count). The van der Waals surface area contributed by atoms with Crippen molar-refractivity contribution in [2.45, 2.75) is 65.2 Å². The number of ether oxygens (including phenoxy) is 2. The Morgan fingerprint density at radius 1 is 0.574 bits per heavy atom. The fourth-order valence-corrected chi connectivity index (χ4v) is 8.67. The van der Waals surface area contributed by atoms with E-state index in [0.29, 0.717) is 13.2 Å². The first-order chi connectivity index (χ1) is 26.1. The van der Waals surface area contributed by atoms with Crippen LogP contribution in [-0.4, -0.2) is 46.2 Å². The lowest BCUT2D eigenvalue weighted by atomic mass is 9.83. The van der Waals surface area contributed by atoms with Crippen molar-refractivity contribution in [1.29, 1.82) is 0 Å². The van der Waals surface area contributed by atoms with Gasteiger partial charge in [-0.25, -0.2) is 0 Å². The topological polar surface area (TPSA) is 28.0 Å². The molecule has 0 amide bonds. The smallest absolute Gasteiger partial charge is 0.218 e. The maximum Gasteiger partial charge on any atom is 0.218 e. The Balaban J connectivity index is 1.42. The number of rotatable bonds is 10. The molecule has 0 N–H and O–H groups in total. The lowest BCUT2D eigenvalue weighted by molar-refractivity contribution is 0.206. The lowest BCUT2D eigenvalue weighted by Crippen LogP contribution is -2.29. The zero-order valence-electron chi connectivity index (χ0n) is 33.4. The summed E-state index contributed by atoms with van der Waals surface area (Å²) in [4.78, 5) is 4.93. The van der Waals surface area contributed by atoms with Gasteiger partial charge in [-0.1, -0.05) is 112 Å². The van der Waals surface area contributed by atoms with Crippen LogP contribution in [0.5, 0.6) is 0 Å². The van der Waals surface area contributed by atoms with Crippen molar-refractivity contribution >= 4 is 28.5 Å². The highest BCUT2D eigenvalue weighted by molar-refractivity contribution is 6.17. The minimum atomic E-state index is -0.153. The fourth-order valence-electron chi connectivity index (χ4n) is 8.67. The summed E-state index contributed by atoms with van der Waals surface area (Å²) in [6.45, 7) is 16.7. The van der Waals surface area contributed by atoms with Crippen molar-refractivity contribution in [3.63, 3.8) is 0 Å². The van der Waals surface area contributed by atoms with Crippen molar-refractivity contribution in [2.24, 2.45) is 0 Å². The molecular formula is C49H56N3O2+. The van der Waals surface area contributed by atoms with Gasteiger partial charge in [-0.15, -0.1) is 0 Å². The lowest BCUT2D eigenvalue weighted by Gasteiger charge is -2.27. The maximum absolute atomic E-state index is 5.62. The van der Waals surface area contributed by atoms with Gasteiger partial charge in [0.1, 0.15) is 0 Å². The van der Waals surface area contributed by atoms with Crippen molar-refractivity contribution in [3.05, 3.63) is 166 Å². The highest BCUT2D eigenvalue weighted by Crippen LogP contribution is 2.49. The molecule has 4 aromatic rings. The van der Waals surface area contributed by atoms with Crippen LogP contribution in [0.25, 0.3) is 0 Å². The van der Waals surface area contributed by atoms with Crippen LogP contribution in [-0.2, 0) is 20.3 Å². The van der Waals surface area contributed by atoms with Gasteiger partial charge >= 0.3 is 0 Å². The zero-order chi connectivity index (χ0) is 38.0. The molecule has 5 heteroatoms. The van der Waals surface area contributed by atoms with Gasteiger partial charge in [0.15, 0.2) is 0 Å². The van der Waals surface area contributed by atoms with E-state index in [2.05, 4.69) is 177 Å². The van der Waals surface area contributed by atoms with Gasteiger partial charge in [-0.3, -0.25) is 0 Å². The molecule has 4 aromatic carbocycles. The molecular weight excluding hydrogens is 663 g/mol. The van der Waals surface area contributed by atoms with Crippen LogP contribution in [0.4, 0.5) is 22.7 Å². The normalized spacial score (nSPS) is 20.1. The number of para-hydroxylation sites is 2. The van der Waals surface area contributed by atoms with Crippen LogP contribution in [0.2, 0.25) is 0 Å². The molecule has 0 unspecified atom stereocenters. The standard InChI is InChI=1S/C49H56N3O2/c1-35-19-25-43-41(33-35)48(3,4)45(50(43)29-31-53-7)27-23-37-21-22-38(47(37)52(39-15-11-9-12-16-39)40-17-13-10-14-18-40)24-28-46-49(5,6)42-34-36(2)20-26-44(42)51(46)30-32-54-8/h9-20,23-28,33-34H,21-22,29-32H2,1-8H3/q+1. The van der Waals surface area contributed by atoms with Gasteiger partial charge in [0.25, 0.3) is 0 Å². The Labute approximate surface area is 323 Å². The summed E-state index contributed by atoms with van der Waals surface area (Å²) in [5.41, 5.74) is 16.4. The number of fused-ring (bicyclic) bond motifs is 2. The Bertz CT molecular complexity index is 2020. The summed E-state index contributed by atoms with van der Waals surface area (Å²) in [5.74, 6) is 0. The molecule has 278 valence electrons. The summed E-state index contributed by atoms with van der Waals surface area (Å²) in [7, 11) is 3.58. The number of hydrogen-bond acceptors (Lipinski definition) is 4. The van der Waals surface area contributed by atoms with Crippen molar-refractivity contribution in [3.8, 4) is 0 Å². The number of methoxy groups -OCH3 is 2. The molecule has 2 heterocycles. The Morgan fingerprint density at radius 3 is 1.37 bits per heavy atom. The van der Waals surface area contributed by atoms with E-state index in [9.17, 15) is 0 Å². The molecule has 54 heavy (non-hydrogen) atoms. The monoisotopic (exact) mass is 718 g/mol. The number of anilines is 2. The summed E-state index contributed by atoms with van der Waals surface area (Å²) >= 11 is 0. The Kier molecular flexibility index (Phi) is 10.7. The third-order valence-corrected chi connectivity index (χ3v) is 11.5. The van der Waals surface area contributed by atoms with Gasteiger partial charge in [0.05, 0.1) is 13.2 Å². The number of nitrogens with zero attached hydrogens (tertiary/aromatic N) is 3. The second kappa shape index (κ2) is 15.4. The quantitative estimate of drug-likeness (QED) is 0.153. The molecule has 0 saturated heterocycles. The molecule has 2 aliphatic heterocycles. The van der Waals surface area contributed by atoms with Gasteiger partial charge in [0, 0.05) is 96.3 Å². The third kappa shape index (κ3) is 6.92. The predicted octanol–water partition coefficient (Wildman–Crippen LogP) is 10.9. The summed E-state index contributed by atoms with van der Waals surface area (Å²) in [5, 5.41) is 0. The molecule has 0 bridgehead atoms. The number of benzene rings is 4. The van der Waals surface area contributed by atoms with Gasteiger partial charge in [-0.2, -0.15) is 4.58 Å². The second-order valence-corrected chi connectivity index (χ2v) is 15.9. The van der Waals surface area contributed by atoms with E-state index < -0.39 is 0 Å². The maximum atomic E-state index is 5.62. The average molecular weight is 719 g/mol. The second-order valence-electron chi connectivity index (χ2n) is 15.9. The molecule has 1 aliphatic carbocycles. The van der Waals surface area contributed by atoms with E-state index in [0.717, 1.165) is 37.3 Å². The first-order valence-corrected chi connectivity index (χ1v) is 19.4. The van der Waals surface area contributed by atoms with E-state index in [1.165, 1.54) is 61.9 Å². The third-order valence-electron chi connectivity index (χ3n) is 11.5. The number of aryl methyl sites for hydroxylation is 2.